The minimum atomic E-state index is -0.183. The van der Waals surface area contributed by atoms with E-state index in [4.69, 9.17) is 0 Å². The number of piperazine rings is 1. The number of thiazole rings is 1. The molecule has 1 aliphatic rings. The van der Waals surface area contributed by atoms with E-state index < -0.39 is 0 Å². The fourth-order valence-electron chi connectivity index (χ4n) is 2.07. The molecule has 1 fully saturated rings. The van der Waals surface area contributed by atoms with Crippen molar-refractivity contribution < 1.29 is 9.59 Å². The molecule has 0 radical (unpaired) electrons. The minimum Gasteiger partial charge on any atom is -0.332 e. The van der Waals surface area contributed by atoms with Crippen LogP contribution in [0.2, 0.25) is 0 Å². The van der Waals surface area contributed by atoms with E-state index in [-0.39, 0.29) is 23.9 Å². The lowest BCUT2D eigenvalue weighted by Gasteiger charge is -2.38. The van der Waals surface area contributed by atoms with Crippen LogP contribution in [0.3, 0.4) is 0 Å². The quantitative estimate of drug-likeness (QED) is 0.846. The van der Waals surface area contributed by atoms with Crippen molar-refractivity contribution in [1.29, 1.82) is 0 Å². The van der Waals surface area contributed by atoms with Gasteiger partial charge in [0.05, 0.1) is 0 Å². The second kappa shape index (κ2) is 5.66. The van der Waals surface area contributed by atoms with E-state index in [0.29, 0.717) is 17.4 Å². The monoisotopic (exact) mass is 282 g/mol. The molecule has 1 saturated heterocycles. The van der Waals surface area contributed by atoms with E-state index in [2.05, 4.69) is 22.5 Å². The van der Waals surface area contributed by atoms with Gasteiger partial charge in [-0.25, -0.2) is 4.98 Å². The van der Waals surface area contributed by atoms with Crippen molar-refractivity contribution in [2.24, 2.45) is 0 Å². The number of rotatable bonds is 2. The van der Waals surface area contributed by atoms with Crippen LogP contribution in [-0.4, -0.2) is 46.9 Å². The first-order valence-corrected chi connectivity index (χ1v) is 7.14. The van der Waals surface area contributed by atoms with E-state index in [0.717, 1.165) is 6.54 Å². The van der Waals surface area contributed by atoms with Crippen molar-refractivity contribution in [3.05, 3.63) is 11.1 Å². The molecule has 6 nitrogen and oxygen atoms in total. The van der Waals surface area contributed by atoms with Gasteiger partial charge in [0.1, 0.15) is 5.69 Å². The van der Waals surface area contributed by atoms with Crippen molar-refractivity contribution in [2.45, 2.75) is 32.9 Å². The zero-order chi connectivity index (χ0) is 14.0. The van der Waals surface area contributed by atoms with E-state index in [9.17, 15) is 9.59 Å². The maximum Gasteiger partial charge on any atom is 0.273 e. The minimum absolute atomic E-state index is 0.0753. The van der Waals surface area contributed by atoms with Crippen LogP contribution in [-0.2, 0) is 4.79 Å². The summed E-state index contributed by atoms with van der Waals surface area (Å²) in [7, 11) is 0. The molecule has 0 saturated carbocycles. The number of carbonyl (C=O) groups excluding carboxylic acids is 2. The number of aromatic nitrogens is 1. The third-order valence-corrected chi connectivity index (χ3v) is 4.06. The van der Waals surface area contributed by atoms with Crippen LogP contribution in [0.5, 0.6) is 0 Å². The molecule has 0 bridgehead atoms. The van der Waals surface area contributed by atoms with Crippen LogP contribution >= 0.6 is 11.3 Å². The van der Waals surface area contributed by atoms with Crippen LogP contribution in [0.25, 0.3) is 0 Å². The third kappa shape index (κ3) is 3.10. The number of carbonyl (C=O) groups is 2. The van der Waals surface area contributed by atoms with Gasteiger partial charge in [0.15, 0.2) is 5.13 Å². The molecular formula is C12H18N4O2S. The Balaban J connectivity index is 2.10. The molecular weight excluding hydrogens is 264 g/mol. The molecule has 0 aliphatic carbocycles. The molecule has 19 heavy (non-hydrogen) atoms. The van der Waals surface area contributed by atoms with Gasteiger partial charge in [0.2, 0.25) is 5.91 Å². The summed E-state index contributed by atoms with van der Waals surface area (Å²) >= 11 is 1.27. The molecule has 104 valence electrons. The Labute approximate surface area is 116 Å². The summed E-state index contributed by atoms with van der Waals surface area (Å²) in [6.07, 6.45) is 0. The smallest absolute Gasteiger partial charge is 0.273 e. The maximum atomic E-state index is 12.4. The molecule has 2 rings (SSSR count). The Bertz CT molecular complexity index is 488. The van der Waals surface area contributed by atoms with E-state index in [1.54, 1.807) is 5.38 Å². The standard InChI is InChI=1S/C12H18N4O2S/c1-7-8(2)16(5-4-13-7)11(18)10-6-19-12(15-10)14-9(3)17/h6-8,13H,4-5H2,1-3H3,(H,14,15,17). The molecule has 2 atom stereocenters. The number of hydrogen-bond donors (Lipinski definition) is 2. The highest BCUT2D eigenvalue weighted by atomic mass is 32.1. The van der Waals surface area contributed by atoms with E-state index in [1.165, 1.54) is 18.3 Å². The SMILES string of the molecule is CC(=O)Nc1nc(C(=O)N2CCNC(C)C2C)cs1. The lowest BCUT2D eigenvalue weighted by Crippen LogP contribution is -2.57. The molecule has 2 N–H and O–H groups in total. The van der Waals surface area contributed by atoms with Crippen molar-refractivity contribution in [1.82, 2.24) is 15.2 Å². The molecule has 1 aliphatic heterocycles. The van der Waals surface area contributed by atoms with Gasteiger partial charge in [0.25, 0.3) is 5.91 Å². The predicted octanol–water partition coefficient (Wildman–Crippen LogP) is 0.924. The molecule has 1 aromatic heterocycles. The Morgan fingerprint density at radius 1 is 1.53 bits per heavy atom. The summed E-state index contributed by atoms with van der Waals surface area (Å²) in [5, 5.41) is 8.07. The van der Waals surface area contributed by atoms with Gasteiger partial charge in [-0.3, -0.25) is 9.59 Å². The summed E-state index contributed by atoms with van der Waals surface area (Å²) in [5.74, 6) is -0.258. The zero-order valence-corrected chi connectivity index (χ0v) is 12.1. The first kappa shape index (κ1) is 14.0. The number of hydrogen-bond acceptors (Lipinski definition) is 5. The van der Waals surface area contributed by atoms with Crippen LogP contribution < -0.4 is 10.6 Å². The summed E-state index contributed by atoms with van der Waals surface area (Å²) < 4.78 is 0. The summed E-state index contributed by atoms with van der Waals surface area (Å²) in [4.78, 5) is 29.3. The van der Waals surface area contributed by atoms with Gasteiger partial charge in [-0.05, 0) is 13.8 Å². The van der Waals surface area contributed by atoms with E-state index in [1.807, 2.05) is 11.8 Å². The van der Waals surface area contributed by atoms with Crippen LogP contribution in [0.4, 0.5) is 5.13 Å². The number of anilines is 1. The number of nitrogens with one attached hydrogen (secondary N) is 2. The first-order chi connectivity index (χ1) is 8.99. The second-order valence-electron chi connectivity index (χ2n) is 4.70. The lowest BCUT2D eigenvalue weighted by atomic mass is 10.1. The van der Waals surface area contributed by atoms with Gasteiger partial charge >= 0.3 is 0 Å². The van der Waals surface area contributed by atoms with Crippen LogP contribution in [0.1, 0.15) is 31.3 Å². The van der Waals surface area contributed by atoms with Crippen molar-refractivity contribution in [3.63, 3.8) is 0 Å². The van der Waals surface area contributed by atoms with Crippen molar-refractivity contribution in [3.8, 4) is 0 Å². The predicted molar refractivity (Wildman–Crippen MR) is 74.4 cm³/mol. The third-order valence-electron chi connectivity index (χ3n) is 3.30. The summed E-state index contributed by atoms with van der Waals surface area (Å²) in [6.45, 7) is 6.98. The van der Waals surface area contributed by atoms with Gasteiger partial charge in [0, 0.05) is 37.5 Å². The molecule has 0 aromatic carbocycles. The zero-order valence-electron chi connectivity index (χ0n) is 11.3. The molecule has 2 heterocycles. The topological polar surface area (TPSA) is 74.3 Å². The first-order valence-electron chi connectivity index (χ1n) is 6.26. The highest BCUT2D eigenvalue weighted by molar-refractivity contribution is 7.14. The fourth-order valence-corrected chi connectivity index (χ4v) is 2.80. The highest BCUT2D eigenvalue weighted by Gasteiger charge is 2.29. The average Bonchev–Trinajstić information content (AvgIpc) is 2.79. The summed E-state index contributed by atoms with van der Waals surface area (Å²) in [5.41, 5.74) is 0.398. The van der Waals surface area contributed by atoms with Crippen LogP contribution in [0.15, 0.2) is 5.38 Å². The second-order valence-corrected chi connectivity index (χ2v) is 5.56. The maximum absolute atomic E-state index is 12.4. The Morgan fingerprint density at radius 3 is 2.95 bits per heavy atom. The molecule has 2 unspecified atom stereocenters. The van der Waals surface area contributed by atoms with Gasteiger partial charge in [-0.2, -0.15) is 0 Å². The van der Waals surface area contributed by atoms with Crippen LogP contribution in [0, 0.1) is 0 Å². The van der Waals surface area contributed by atoms with Crippen molar-refractivity contribution in [2.75, 3.05) is 18.4 Å². The largest absolute Gasteiger partial charge is 0.332 e. The number of amides is 2. The Hall–Kier alpha value is -1.47. The average molecular weight is 282 g/mol. The summed E-state index contributed by atoms with van der Waals surface area (Å²) in [6, 6.07) is 0.401. The molecule has 0 spiro atoms. The Morgan fingerprint density at radius 2 is 2.26 bits per heavy atom. The number of nitrogens with zero attached hydrogens (tertiary/aromatic N) is 2. The molecule has 2 amide bonds. The lowest BCUT2D eigenvalue weighted by molar-refractivity contribution is -0.114. The Kier molecular flexibility index (Phi) is 4.16. The fraction of sp³-hybridized carbons (Fsp3) is 0.583. The van der Waals surface area contributed by atoms with Gasteiger partial charge < -0.3 is 15.5 Å². The van der Waals surface area contributed by atoms with Gasteiger partial charge in [-0.1, -0.05) is 0 Å². The van der Waals surface area contributed by atoms with E-state index >= 15 is 0 Å². The highest BCUT2D eigenvalue weighted by Crippen LogP contribution is 2.19. The van der Waals surface area contributed by atoms with Crippen molar-refractivity contribution >= 4 is 28.3 Å². The normalized spacial score (nSPS) is 23.2. The molecule has 1 aromatic rings. The van der Waals surface area contributed by atoms with Gasteiger partial charge in [-0.15, -0.1) is 11.3 Å². The molecule has 7 heteroatoms.